The zero-order valence-electron chi connectivity index (χ0n) is 12.0. The van der Waals surface area contributed by atoms with Crippen LogP contribution in [-0.4, -0.2) is 24.4 Å². The summed E-state index contributed by atoms with van der Waals surface area (Å²) in [5.74, 6) is -0.00437. The average molecular weight is 282 g/mol. The molecular weight excluding hydrogens is 260 g/mol. The van der Waals surface area contributed by atoms with E-state index in [0.717, 1.165) is 30.0 Å². The molecule has 0 aliphatic heterocycles. The number of carbonyl (C=O) groups is 1. The molecule has 0 fully saturated rings. The Balaban J connectivity index is 3.07. The molecule has 0 saturated carbocycles. The molecule has 0 unspecified atom stereocenters. The molecule has 0 spiro atoms. The van der Waals surface area contributed by atoms with Crippen LogP contribution in [-0.2, 0) is 12.8 Å². The monoisotopic (exact) mass is 282 g/mol. The van der Waals surface area contributed by atoms with Gasteiger partial charge in [-0.1, -0.05) is 38.7 Å². The fourth-order valence-electron chi connectivity index (χ4n) is 1.94. The van der Waals surface area contributed by atoms with Gasteiger partial charge in [-0.3, -0.25) is 0 Å². The van der Waals surface area contributed by atoms with Gasteiger partial charge >= 0.3 is 6.16 Å². The summed E-state index contributed by atoms with van der Waals surface area (Å²) in [6.45, 7) is 8.83. The molecular formula is C14H22O4Si. The number of hydrogen-bond acceptors (Lipinski definition) is 3. The minimum atomic E-state index is -1.41. The van der Waals surface area contributed by atoms with Crippen LogP contribution in [0.15, 0.2) is 12.1 Å². The Kier molecular flexibility index (Phi) is 5.00. The molecule has 0 amide bonds. The van der Waals surface area contributed by atoms with Gasteiger partial charge in [-0.05, 0) is 24.5 Å². The number of phenolic OH excluding ortho intramolecular Hbond substituents is 1. The van der Waals surface area contributed by atoms with E-state index >= 15 is 0 Å². The van der Waals surface area contributed by atoms with Crippen molar-refractivity contribution in [1.82, 2.24) is 0 Å². The lowest BCUT2D eigenvalue weighted by atomic mass is 10.0. The molecule has 4 nitrogen and oxygen atoms in total. The molecule has 0 aromatic heterocycles. The summed E-state index contributed by atoms with van der Waals surface area (Å²) in [5.41, 5.74) is 1.87. The van der Waals surface area contributed by atoms with E-state index in [4.69, 9.17) is 5.11 Å². The molecule has 1 aromatic rings. The normalized spacial score (nSPS) is 11.4. The van der Waals surface area contributed by atoms with Gasteiger partial charge in [0.25, 0.3) is 0 Å². The summed E-state index contributed by atoms with van der Waals surface area (Å²) in [5, 5.41) is 18.8. The molecule has 5 heteroatoms. The molecule has 0 heterocycles. The second-order valence-corrected chi connectivity index (χ2v) is 11.5. The zero-order valence-corrected chi connectivity index (χ0v) is 13.0. The van der Waals surface area contributed by atoms with Gasteiger partial charge in [-0.2, -0.15) is 0 Å². The van der Waals surface area contributed by atoms with Crippen LogP contribution >= 0.6 is 0 Å². The standard InChI is InChI=1S/C14H22O4Si/c1-5-10-6-7-12(18-14(16)17)13(15)11(10)8-9-19(2,3)4/h6-7,15H,5,8-9H2,1-4H3,(H,16,17). The topological polar surface area (TPSA) is 66.8 Å². The number of hydrogen-bond donors (Lipinski definition) is 2. The van der Waals surface area contributed by atoms with Gasteiger partial charge in [0.1, 0.15) is 0 Å². The number of ether oxygens (including phenoxy) is 1. The molecule has 106 valence electrons. The summed E-state index contributed by atoms with van der Waals surface area (Å²) in [6, 6.07) is 4.39. The third-order valence-corrected chi connectivity index (χ3v) is 4.80. The van der Waals surface area contributed by atoms with E-state index in [2.05, 4.69) is 24.4 Å². The van der Waals surface area contributed by atoms with E-state index in [-0.39, 0.29) is 11.5 Å². The van der Waals surface area contributed by atoms with Crippen molar-refractivity contribution in [3.8, 4) is 11.5 Å². The molecule has 0 aliphatic rings. The van der Waals surface area contributed by atoms with Crippen LogP contribution in [0.4, 0.5) is 4.79 Å². The fourth-order valence-corrected chi connectivity index (χ4v) is 2.94. The summed E-state index contributed by atoms with van der Waals surface area (Å²) >= 11 is 0. The fraction of sp³-hybridized carbons (Fsp3) is 0.500. The first-order valence-corrected chi connectivity index (χ1v) is 10.2. The number of aromatic hydroxyl groups is 1. The van der Waals surface area contributed by atoms with Crippen LogP contribution in [0, 0.1) is 0 Å². The van der Waals surface area contributed by atoms with E-state index in [1.54, 1.807) is 0 Å². The number of aryl methyl sites for hydroxylation is 1. The first-order valence-electron chi connectivity index (χ1n) is 6.49. The maximum Gasteiger partial charge on any atom is 0.511 e. The van der Waals surface area contributed by atoms with Crippen molar-refractivity contribution < 1.29 is 19.7 Å². The Morgan fingerprint density at radius 1 is 1.32 bits per heavy atom. The van der Waals surface area contributed by atoms with E-state index < -0.39 is 14.2 Å². The second kappa shape index (κ2) is 6.10. The molecule has 0 atom stereocenters. The van der Waals surface area contributed by atoms with Crippen LogP contribution in [0.1, 0.15) is 18.1 Å². The number of phenols is 1. The van der Waals surface area contributed by atoms with E-state index in [9.17, 15) is 9.90 Å². The van der Waals surface area contributed by atoms with Crippen LogP contribution in [0.25, 0.3) is 0 Å². The van der Waals surface area contributed by atoms with Gasteiger partial charge in [-0.15, -0.1) is 0 Å². The van der Waals surface area contributed by atoms with Crippen molar-refractivity contribution in [3.63, 3.8) is 0 Å². The van der Waals surface area contributed by atoms with Crippen molar-refractivity contribution in [2.45, 2.75) is 45.5 Å². The summed E-state index contributed by atoms with van der Waals surface area (Å²) in [4.78, 5) is 10.6. The Labute approximate surface area is 115 Å². The smallest absolute Gasteiger partial charge is 0.504 e. The first kappa shape index (κ1) is 15.6. The molecule has 1 aromatic carbocycles. The van der Waals surface area contributed by atoms with E-state index in [1.165, 1.54) is 6.07 Å². The van der Waals surface area contributed by atoms with Crippen LogP contribution < -0.4 is 4.74 Å². The second-order valence-electron chi connectivity index (χ2n) is 5.83. The van der Waals surface area contributed by atoms with Crippen molar-refractivity contribution in [2.24, 2.45) is 0 Å². The van der Waals surface area contributed by atoms with Crippen LogP contribution in [0.2, 0.25) is 25.7 Å². The van der Waals surface area contributed by atoms with E-state index in [0.29, 0.717) is 0 Å². The molecule has 0 aliphatic carbocycles. The minimum absolute atomic E-state index is 0.0234. The number of carboxylic acid groups (broad SMARTS) is 1. The van der Waals surface area contributed by atoms with Gasteiger partial charge in [0.15, 0.2) is 11.5 Å². The molecule has 19 heavy (non-hydrogen) atoms. The Hall–Kier alpha value is -1.49. The van der Waals surface area contributed by atoms with Gasteiger partial charge in [-0.25, -0.2) is 4.79 Å². The molecule has 0 saturated heterocycles. The highest BCUT2D eigenvalue weighted by Crippen LogP contribution is 2.34. The highest BCUT2D eigenvalue weighted by molar-refractivity contribution is 6.76. The predicted octanol–water partition coefficient (Wildman–Crippen LogP) is 3.89. The van der Waals surface area contributed by atoms with Crippen molar-refractivity contribution in [2.75, 3.05) is 0 Å². The van der Waals surface area contributed by atoms with Gasteiger partial charge in [0.2, 0.25) is 0 Å². The minimum Gasteiger partial charge on any atom is -0.504 e. The van der Waals surface area contributed by atoms with Gasteiger partial charge in [0, 0.05) is 13.6 Å². The van der Waals surface area contributed by atoms with Crippen molar-refractivity contribution in [3.05, 3.63) is 23.3 Å². The lowest BCUT2D eigenvalue weighted by Crippen LogP contribution is -2.20. The third-order valence-electron chi connectivity index (χ3n) is 3.05. The molecule has 2 N–H and O–H groups in total. The van der Waals surface area contributed by atoms with Gasteiger partial charge in [0.05, 0.1) is 0 Å². The highest BCUT2D eigenvalue weighted by atomic mass is 28.3. The molecule has 1 rings (SSSR count). The third kappa shape index (κ3) is 4.59. The van der Waals surface area contributed by atoms with Crippen LogP contribution in [0.3, 0.4) is 0 Å². The Morgan fingerprint density at radius 2 is 1.95 bits per heavy atom. The maximum atomic E-state index is 10.6. The van der Waals surface area contributed by atoms with Crippen LogP contribution in [0.5, 0.6) is 11.5 Å². The SMILES string of the molecule is CCc1ccc(OC(=O)O)c(O)c1CC[Si](C)(C)C. The first-order chi connectivity index (χ1) is 8.74. The lowest BCUT2D eigenvalue weighted by molar-refractivity contribution is 0.143. The Morgan fingerprint density at radius 3 is 2.42 bits per heavy atom. The molecule has 0 radical (unpaired) electrons. The summed E-state index contributed by atoms with van der Waals surface area (Å²) < 4.78 is 4.60. The average Bonchev–Trinajstić information content (AvgIpc) is 2.28. The van der Waals surface area contributed by atoms with Crippen molar-refractivity contribution >= 4 is 14.2 Å². The summed E-state index contributed by atoms with van der Waals surface area (Å²) in [7, 11) is -1.22. The highest BCUT2D eigenvalue weighted by Gasteiger charge is 2.19. The lowest BCUT2D eigenvalue weighted by Gasteiger charge is -2.18. The zero-order chi connectivity index (χ0) is 14.6. The predicted molar refractivity (Wildman–Crippen MR) is 78.0 cm³/mol. The molecule has 0 bridgehead atoms. The number of rotatable bonds is 5. The van der Waals surface area contributed by atoms with Gasteiger partial charge < -0.3 is 14.9 Å². The summed E-state index contributed by atoms with van der Waals surface area (Å²) in [6.07, 6.45) is 0.166. The Bertz CT molecular complexity index is 463. The largest absolute Gasteiger partial charge is 0.511 e. The van der Waals surface area contributed by atoms with E-state index in [1.807, 2.05) is 13.0 Å². The van der Waals surface area contributed by atoms with Crippen molar-refractivity contribution in [1.29, 1.82) is 0 Å². The quantitative estimate of drug-likeness (QED) is 0.488. The maximum absolute atomic E-state index is 10.6. The number of benzene rings is 1.